The molecule has 1 atom stereocenters. The standard InChI is InChI=1S/C12H11NO/c14-12-7-11-6-10(8-13(11)12)9-4-2-1-3-5-9/h1-5,8,11H,6-7H2. The van der Waals surface area contributed by atoms with E-state index >= 15 is 0 Å². The normalized spacial score (nSPS) is 24.3. The van der Waals surface area contributed by atoms with Crippen LogP contribution in [0.1, 0.15) is 18.4 Å². The lowest BCUT2D eigenvalue weighted by Crippen LogP contribution is -2.45. The van der Waals surface area contributed by atoms with E-state index in [1.807, 2.05) is 29.3 Å². The molecule has 1 saturated heterocycles. The predicted octanol–water partition coefficient (Wildman–Crippen LogP) is 2.03. The van der Waals surface area contributed by atoms with Crippen molar-refractivity contribution in [3.8, 4) is 0 Å². The SMILES string of the molecule is O=C1CC2CC(c3ccccc3)=CN12. The van der Waals surface area contributed by atoms with Crippen LogP contribution < -0.4 is 0 Å². The van der Waals surface area contributed by atoms with Gasteiger partial charge in [0.1, 0.15) is 0 Å². The number of rotatable bonds is 1. The highest BCUT2D eigenvalue weighted by atomic mass is 16.2. The highest BCUT2D eigenvalue weighted by molar-refractivity contribution is 5.89. The van der Waals surface area contributed by atoms with Crippen LogP contribution in [0.2, 0.25) is 0 Å². The molecule has 0 saturated carbocycles. The molecule has 0 bridgehead atoms. The van der Waals surface area contributed by atoms with Crippen molar-refractivity contribution in [1.29, 1.82) is 0 Å². The molecule has 3 rings (SSSR count). The quantitative estimate of drug-likeness (QED) is 0.613. The van der Waals surface area contributed by atoms with E-state index in [4.69, 9.17) is 0 Å². The summed E-state index contributed by atoms with van der Waals surface area (Å²) in [5.74, 6) is 0.265. The van der Waals surface area contributed by atoms with Crippen LogP contribution in [0.25, 0.3) is 5.57 Å². The maximum atomic E-state index is 11.2. The minimum atomic E-state index is 0.265. The van der Waals surface area contributed by atoms with E-state index in [1.54, 1.807) is 0 Å². The Labute approximate surface area is 82.8 Å². The van der Waals surface area contributed by atoms with Gasteiger partial charge >= 0.3 is 0 Å². The first-order valence-electron chi connectivity index (χ1n) is 4.92. The van der Waals surface area contributed by atoms with Gasteiger partial charge in [0.25, 0.3) is 0 Å². The van der Waals surface area contributed by atoms with Crippen LogP contribution >= 0.6 is 0 Å². The van der Waals surface area contributed by atoms with Crippen molar-refractivity contribution in [3.63, 3.8) is 0 Å². The zero-order valence-electron chi connectivity index (χ0n) is 7.81. The van der Waals surface area contributed by atoms with E-state index < -0.39 is 0 Å². The number of nitrogens with zero attached hydrogens (tertiary/aromatic N) is 1. The number of hydrogen-bond donors (Lipinski definition) is 0. The van der Waals surface area contributed by atoms with E-state index in [-0.39, 0.29) is 5.91 Å². The average Bonchev–Trinajstić information content (AvgIpc) is 2.57. The van der Waals surface area contributed by atoms with E-state index in [0.29, 0.717) is 6.04 Å². The van der Waals surface area contributed by atoms with Gasteiger partial charge in [-0.25, -0.2) is 0 Å². The van der Waals surface area contributed by atoms with E-state index in [1.165, 1.54) is 11.1 Å². The number of carbonyl (C=O) groups excluding carboxylic acids is 1. The second kappa shape index (κ2) is 2.71. The first-order chi connectivity index (χ1) is 6.84. The van der Waals surface area contributed by atoms with Crippen LogP contribution in [0.3, 0.4) is 0 Å². The first-order valence-corrected chi connectivity index (χ1v) is 4.92. The van der Waals surface area contributed by atoms with Crippen LogP contribution in [-0.4, -0.2) is 16.8 Å². The van der Waals surface area contributed by atoms with Crippen molar-refractivity contribution in [2.45, 2.75) is 18.9 Å². The Hall–Kier alpha value is -1.57. The van der Waals surface area contributed by atoms with Gasteiger partial charge in [-0.1, -0.05) is 30.3 Å². The number of fused-ring (bicyclic) bond motifs is 1. The number of benzene rings is 1. The van der Waals surface area contributed by atoms with Gasteiger partial charge in [-0.15, -0.1) is 0 Å². The molecular formula is C12H11NO. The summed E-state index contributed by atoms with van der Waals surface area (Å²) in [6.07, 6.45) is 3.76. The summed E-state index contributed by atoms with van der Waals surface area (Å²) in [5.41, 5.74) is 2.54. The largest absolute Gasteiger partial charge is 0.315 e. The highest BCUT2D eigenvalue weighted by Gasteiger charge is 2.39. The fourth-order valence-electron chi connectivity index (χ4n) is 2.16. The Morgan fingerprint density at radius 2 is 1.93 bits per heavy atom. The van der Waals surface area contributed by atoms with Gasteiger partial charge < -0.3 is 4.90 Å². The van der Waals surface area contributed by atoms with Crippen molar-refractivity contribution >= 4 is 11.5 Å². The van der Waals surface area contributed by atoms with Crippen LogP contribution in [-0.2, 0) is 4.79 Å². The molecule has 1 fully saturated rings. The van der Waals surface area contributed by atoms with Gasteiger partial charge in [0, 0.05) is 18.7 Å². The Bertz CT molecular complexity index is 408. The molecular weight excluding hydrogens is 174 g/mol. The first kappa shape index (κ1) is 7.80. The van der Waals surface area contributed by atoms with E-state index in [0.717, 1.165) is 12.8 Å². The molecule has 2 heteroatoms. The summed E-state index contributed by atoms with van der Waals surface area (Å²) < 4.78 is 0. The molecule has 0 radical (unpaired) electrons. The summed E-state index contributed by atoms with van der Waals surface area (Å²) >= 11 is 0. The molecule has 2 aliphatic rings. The van der Waals surface area contributed by atoms with Gasteiger partial charge in [0.05, 0.1) is 0 Å². The summed E-state index contributed by atoms with van der Waals surface area (Å²) in [4.78, 5) is 13.0. The average molecular weight is 185 g/mol. The summed E-state index contributed by atoms with van der Waals surface area (Å²) in [7, 11) is 0. The Morgan fingerprint density at radius 1 is 1.14 bits per heavy atom. The minimum absolute atomic E-state index is 0.265. The molecule has 0 N–H and O–H groups in total. The predicted molar refractivity (Wildman–Crippen MR) is 54.3 cm³/mol. The molecule has 1 aromatic carbocycles. The molecule has 2 aliphatic heterocycles. The molecule has 1 amide bonds. The number of hydrogen-bond acceptors (Lipinski definition) is 1. The lowest BCUT2D eigenvalue weighted by molar-refractivity contribution is -0.140. The van der Waals surface area contributed by atoms with Crippen molar-refractivity contribution in [2.24, 2.45) is 0 Å². The molecule has 2 nitrogen and oxygen atoms in total. The fraction of sp³-hybridized carbons (Fsp3) is 0.250. The smallest absolute Gasteiger partial charge is 0.228 e. The third-order valence-corrected chi connectivity index (χ3v) is 2.99. The number of amides is 1. The van der Waals surface area contributed by atoms with Crippen LogP contribution in [0.15, 0.2) is 36.5 Å². The van der Waals surface area contributed by atoms with Crippen LogP contribution in [0, 0.1) is 0 Å². The molecule has 0 aliphatic carbocycles. The Morgan fingerprint density at radius 3 is 2.57 bits per heavy atom. The second-order valence-corrected chi connectivity index (χ2v) is 3.88. The highest BCUT2D eigenvalue weighted by Crippen LogP contribution is 2.37. The monoisotopic (exact) mass is 185 g/mol. The second-order valence-electron chi connectivity index (χ2n) is 3.88. The molecule has 70 valence electrons. The van der Waals surface area contributed by atoms with Crippen LogP contribution in [0.5, 0.6) is 0 Å². The Balaban J connectivity index is 1.92. The summed E-state index contributed by atoms with van der Waals surface area (Å²) in [6.45, 7) is 0. The maximum absolute atomic E-state index is 11.2. The van der Waals surface area contributed by atoms with E-state index in [9.17, 15) is 4.79 Å². The fourth-order valence-corrected chi connectivity index (χ4v) is 2.16. The van der Waals surface area contributed by atoms with Crippen molar-refractivity contribution in [1.82, 2.24) is 4.90 Å². The molecule has 14 heavy (non-hydrogen) atoms. The van der Waals surface area contributed by atoms with Crippen molar-refractivity contribution in [3.05, 3.63) is 42.1 Å². The molecule has 0 aromatic heterocycles. The lowest BCUT2D eigenvalue weighted by atomic mass is 9.98. The van der Waals surface area contributed by atoms with E-state index in [2.05, 4.69) is 12.1 Å². The lowest BCUT2D eigenvalue weighted by Gasteiger charge is -2.32. The molecule has 2 heterocycles. The number of β-lactam (4-membered cyclic amide) rings is 1. The summed E-state index contributed by atoms with van der Waals surface area (Å²) in [6, 6.07) is 10.7. The zero-order chi connectivity index (χ0) is 9.54. The number of carbonyl (C=O) groups is 1. The maximum Gasteiger partial charge on any atom is 0.228 e. The zero-order valence-corrected chi connectivity index (χ0v) is 7.81. The summed E-state index contributed by atoms with van der Waals surface area (Å²) in [5, 5.41) is 0. The molecule has 0 spiro atoms. The van der Waals surface area contributed by atoms with Gasteiger partial charge in [0.2, 0.25) is 5.91 Å². The van der Waals surface area contributed by atoms with Crippen molar-refractivity contribution < 1.29 is 4.79 Å². The topological polar surface area (TPSA) is 20.3 Å². The van der Waals surface area contributed by atoms with Crippen molar-refractivity contribution in [2.75, 3.05) is 0 Å². The third kappa shape index (κ3) is 1.00. The Kier molecular flexibility index (Phi) is 1.51. The minimum Gasteiger partial charge on any atom is -0.315 e. The van der Waals surface area contributed by atoms with Crippen LogP contribution in [0.4, 0.5) is 0 Å². The molecule has 1 unspecified atom stereocenters. The van der Waals surface area contributed by atoms with Gasteiger partial charge in [0.15, 0.2) is 0 Å². The van der Waals surface area contributed by atoms with Gasteiger partial charge in [-0.05, 0) is 17.6 Å². The van der Waals surface area contributed by atoms with Gasteiger partial charge in [-0.2, -0.15) is 0 Å². The third-order valence-electron chi connectivity index (χ3n) is 2.99. The molecule has 1 aromatic rings. The van der Waals surface area contributed by atoms with Gasteiger partial charge in [-0.3, -0.25) is 4.79 Å².